The van der Waals surface area contributed by atoms with Gasteiger partial charge in [-0.3, -0.25) is 5.10 Å². The number of rotatable bonds is 9. The van der Waals surface area contributed by atoms with Crippen molar-refractivity contribution in [3.05, 3.63) is 11.3 Å². The summed E-state index contributed by atoms with van der Waals surface area (Å²) in [6.07, 6.45) is 2.69. The molecule has 1 rings (SSSR count). The topological polar surface area (TPSA) is 86.9 Å². The second-order valence-electron chi connectivity index (χ2n) is 6.05. The van der Waals surface area contributed by atoms with E-state index in [2.05, 4.69) is 27.2 Å². The lowest BCUT2D eigenvalue weighted by atomic mass is 10.0. The van der Waals surface area contributed by atoms with Crippen molar-refractivity contribution in [3.63, 3.8) is 0 Å². The van der Waals surface area contributed by atoms with Crippen LogP contribution in [0.1, 0.15) is 58.2 Å². The van der Waals surface area contributed by atoms with Gasteiger partial charge in [-0.25, -0.2) is 13.1 Å². The predicted molar refractivity (Wildman–Crippen MR) is 84.6 cm³/mol. The smallest absolute Gasteiger partial charge is 0.260 e. The first-order valence-corrected chi connectivity index (χ1v) is 9.00. The first-order chi connectivity index (χ1) is 9.73. The van der Waals surface area contributed by atoms with E-state index in [0.717, 1.165) is 31.5 Å². The number of H-pyrrole nitrogens is 1. The van der Waals surface area contributed by atoms with Crippen LogP contribution in [0.5, 0.6) is 0 Å². The molecule has 3 N–H and O–H groups in total. The molecule has 6 nitrogen and oxygen atoms in total. The zero-order chi connectivity index (χ0) is 16.1. The van der Waals surface area contributed by atoms with Gasteiger partial charge in [-0.1, -0.05) is 20.3 Å². The molecule has 0 fully saturated rings. The molecule has 1 aromatic rings. The van der Waals surface area contributed by atoms with Gasteiger partial charge in [0.1, 0.15) is 0 Å². The Hall–Kier alpha value is -0.920. The second kappa shape index (κ2) is 7.38. The molecular weight excluding hydrogens is 288 g/mol. The van der Waals surface area contributed by atoms with Crippen LogP contribution in [0.3, 0.4) is 0 Å². The minimum Gasteiger partial charge on any atom is -0.313 e. The number of nitrogens with one attached hydrogen (secondary N) is 3. The first-order valence-electron chi connectivity index (χ1n) is 7.52. The van der Waals surface area contributed by atoms with E-state index in [1.165, 1.54) is 0 Å². The van der Waals surface area contributed by atoms with E-state index in [9.17, 15) is 8.42 Å². The van der Waals surface area contributed by atoms with E-state index in [1.807, 2.05) is 27.7 Å². The van der Waals surface area contributed by atoms with Crippen LogP contribution in [-0.4, -0.2) is 30.7 Å². The summed E-state index contributed by atoms with van der Waals surface area (Å²) in [5, 5.41) is 10.1. The van der Waals surface area contributed by atoms with E-state index in [4.69, 9.17) is 0 Å². The fourth-order valence-corrected chi connectivity index (χ4v) is 3.98. The lowest BCUT2D eigenvalue weighted by molar-refractivity contribution is 0.416. The zero-order valence-corrected chi connectivity index (χ0v) is 14.5. The van der Waals surface area contributed by atoms with Crippen molar-refractivity contribution in [1.29, 1.82) is 0 Å². The molecule has 0 aromatic carbocycles. The summed E-state index contributed by atoms with van der Waals surface area (Å²) in [5.74, 6) is 0. The van der Waals surface area contributed by atoms with E-state index in [1.54, 1.807) is 0 Å². The number of sulfonamides is 1. The van der Waals surface area contributed by atoms with E-state index >= 15 is 0 Å². The molecule has 0 aliphatic carbocycles. The molecule has 7 heteroatoms. The Morgan fingerprint density at radius 3 is 2.48 bits per heavy atom. The molecule has 0 amide bonds. The molecule has 0 unspecified atom stereocenters. The highest BCUT2D eigenvalue weighted by Crippen LogP contribution is 2.20. The molecule has 0 radical (unpaired) electrons. The molecule has 0 saturated heterocycles. The SMILES string of the molecule is CCCNCc1c(S(=O)(=O)NC(C)(C)CCC)n[nH]c1C. The molecule has 21 heavy (non-hydrogen) atoms. The summed E-state index contributed by atoms with van der Waals surface area (Å²) in [5.41, 5.74) is 1.02. The van der Waals surface area contributed by atoms with Crippen molar-refractivity contribution < 1.29 is 8.42 Å². The standard InChI is InChI=1S/C14H28N4O2S/c1-6-8-14(4,5)18-21(19,20)13-12(10-15-9-7-2)11(3)16-17-13/h15,18H,6-10H2,1-5H3,(H,16,17). The summed E-state index contributed by atoms with van der Waals surface area (Å²) in [6, 6.07) is 0. The third kappa shape index (κ3) is 5.09. The molecule has 0 bridgehead atoms. The van der Waals surface area contributed by atoms with Gasteiger partial charge in [-0.05, 0) is 40.2 Å². The van der Waals surface area contributed by atoms with Crippen LogP contribution in [0.25, 0.3) is 0 Å². The van der Waals surface area contributed by atoms with Gasteiger partial charge in [0.15, 0.2) is 5.03 Å². The third-order valence-corrected chi connectivity index (χ3v) is 4.97. The van der Waals surface area contributed by atoms with Crippen molar-refractivity contribution in [1.82, 2.24) is 20.2 Å². The Balaban J connectivity index is 2.98. The predicted octanol–water partition coefficient (Wildman–Crippen LogP) is 2.07. The lowest BCUT2D eigenvalue weighted by Gasteiger charge is -2.25. The number of hydrogen-bond acceptors (Lipinski definition) is 4. The summed E-state index contributed by atoms with van der Waals surface area (Å²) in [6.45, 7) is 11.1. The fourth-order valence-electron chi connectivity index (χ4n) is 2.34. The number of aryl methyl sites for hydroxylation is 1. The number of aromatic nitrogens is 2. The Bertz CT molecular complexity index is 549. The van der Waals surface area contributed by atoms with Crippen molar-refractivity contribution >= 4 is 10.0 Å². The van der Waals surface area contributed by atoms with Gasteiger partial charge in [-0.15, -0.1) is 0 Å². The van der Waals surface area contributed by atoms with E-state index in [0.29, 0.717) is 12.1 Å². The molecule has 0 saturated carbocycles. The highest BCUT2D eigenvalue weighted by Gasteiger charge is 2.29. The molecule has 0 aliphatic rings. The van der Waals surface area contributed by atoms with Gasteiger partial charge in [0.2, 0.25) is 0 Å². The number of aromatic amines is 1. The van der Waals surface area contributed by atoms with Crippen LogP contribution in [0.4, 0.5) is 0 Å². The zero-order valence-electron chi connectivity index (χ0n) is 13.7. The lowest BCUT2D eigenvalue weighted by Crippen LogP contribution is -2.43. The Morgan fingerprint density at radius 1 is 1.24 bits per heavy atom. The van der Waals surface area contributed by atoms with Gasteiger partial charge >= 0.3 is 0 Å². The Labute approximate surface area is 128 Å². The van der Waals surface area contributed by atoms with Crippen molar-refractivity contribution in [2.45, 2.75) is 71.0 Å². The minimum absolute atomic E-state index is 0.104. The van der Waals surface area contributed by atoms with Crippen molar-refractivity contribution in [2.24, 2.45) is 0 Å². The molecule has 1 aromatic heterocycles. The number of nitrogens with zero attached hydrogens (tertiary/aromatic N) is 1. The molecule has 1 heterocycles. The number of hydrogen-bond donors (Lipinski definition) is 3. The molecule has 122 valence electrons. The fraction of sp³-hybridized carbons (Fsp3) is 0.786. The van der Waals surface area contributed by atoms with Gasteiger partial charge < -0.3 is 5.32 Å². The van der Waals surface area contributed by atoms with Crippen LogP contribution >= 0.6 is 0 Å². The van der Waals surface area contributed by atoms with Crippen molar-refractivity contribution in [3.8, 4) is 0 Å². The molecule has 0 atom stereocenters. The Morgan fingerprint density at radius 2 is 1.90 bits per heavy atom. The quantitative estimate of drug-likeness (QED) is 0.609. The normalized spacial score (nSPS) is 12.8. The largest absolute Gasteiger partial charge is 0.313 e. The van der Waals surface area contributed by atoms with Crippen molar-refractivity contribution in [2.75, 3.05) is 6.54 Å². The van der Waals surface area contributed by atoms with Gasteiger partial charge in [0.25, 0.3) is 10.0 Å². The summed E-state index contributed by atoms with van der Waals surface area (Å²) in [7, 11) is -3.62. The van der Waals surface area contributed by atoms with Crippen LogP contribution in [-0.2, 0) is 16.6 Å². The Kier molecular flexibility index (Phi) is 6.37. The van der Waals surface area contributed by atoms with Crippen LogP contribution < -0.4 is 10.0 Å². The average molecular weight is 316 g/mol. The molecule has 0 spiro atoms. The maximum atomic E-state index is 12.6. The second-order valence-corrected chi connectivity index (χ2v) is 7.65. The van der Waals surface area contributed by atoms with E-state index < -0.39 is 15.6 Å². The van der Waals surface area contributed by atoms with Crippen LogP contribution in [0.15, 0.2) is 5.03 Å². The monoisotopic (exact) mass is 316 g/mol. The van der Waals surface area contributed by atoms with Gasteiger partial charge in [0, 0.05) is 23.3 Å². The van der Waals surface area contributed by atoms with E-state index in [-0.39, 0.29) is 5.03 Å². The molecular formula is C14H28N4O2S. The third-order valence-electron chi connectivity index (χ3n) is 3.30. The summed E-state index contributed by atoms with van der Waals surface area (Å²) >= 11 is 0. The average Bonchev–Trinajstić information content (AvgIpc) is 2.70. The summed E-state index contributed by atoms with van der Waals surface area (Å²) < 4.78 is 27.9. The van der Waals surface area contributed by atoms with Gasteiger partial charge in [-0.2, -0.15) is 5.10 Å². The highest BCUT2D eigenvalue weighted by atomic mass is 32.2. The van der Waals surface area contributed by atoms with Crippen LogP contribution in [0.2, 0.25) is 0 Å². The summed E-state index contributed by atoms with van der Waals surface area (Å²) in [4.78, 5) is 0. The van der Waals surface area contributed by atoms with Gasteiger partial charge in [0.05, 0.1) is 0 Å². The van der Waals surface area contributed by atoms with Crippen LogP contribution in [0, 0.1) is 6.92 Å². The minimum atomic E-state index is -3.62. The highest BCUT2D eigenvalue weighted by molar-refractivity contribution is 7.89. The maximum absolute atomic E-state index is 12.6. The first kappa shape index (κ1) is 18.1. The maximum Gasteiger partial charge on any atom is 0.260 e. The molecule has 0 aliphatic heterocycles.